The lowest BCUT2D eigenvalue weighted by molar-refractivity contribution is -0.171. The van der Waals surface area contributed by atoms with Crippen LogP contribution in [0.4, 0.5) is 4.39 Å². The minimum absolute atomic E-state index is 0.118. The Morgan fingerprint density at radius 1 is 0.919 bits per heavy atom. The summed E-state index contributed by atoms with van der Waals surface area (Å²) in [7, 11) is 4.11. The maximum Gasteiger partial charge on any atom is 0.325 e. The van der Waals surface area contributed by atoms with E-state index in [1.54, 1.807) is 19.2 Å². The fourth-order valence-electron chi connectivity index (χ4n) is 5.20. The molecule has 1 aliphatic rings. The van der Waals surface area contributed by atoms with Gasteiger partial charge in [-0.05, 0) is 35.7 Å². The van der Waals surface area contributed by atoms with Crippen molar-refractivity contribution < 1.29 is 28.2 Å². The number of ether oxygens (including phenoxy) is 3. The Bertz CT molecular complexity index is 1240. The smallest absolute Gasteiger partial charge is 0.325 e. The zero-order chi connectivity index (χ0) is 26.4. The molecule has 0 N–H and O–H groups in total. The molecular formula is C30H30FNO5. The van der Waals surface area contributed by atoms with Gasteiger partial charge >= 0.3 is 11.9 Å². The van der Waals surface area contributed by atoms with E-state index in [0.29, 0.717) is 17.9 Å². The Morgan fingerprint density at radius 2 is 1.54 bits per heavy atom. The van der Waals surface area contributed by atoms with Crippen LogP contribution in [0.15, 0.2) is 84.9 Å². The van der Waals surface area contributed by atoms with Gasteiger partial charge in [-0.15, -0.1) is 0 Å². The van der Waals surface area contributed by atoms with Gasteiger partial charge in [0.15, 0.2) is 5.41 Å². The van der Waals surface area contributed by atoms with Gasteiger partial charge in [-0.3, -0.25) is 14.5 Å². The van der Waals surface area contributed by atoms with Gasteiger partial charge in [0, 0.05) is 18.2 Å². The lowest BCUT2D eigenvalue weighted by Crippen LogP contribution is -2.45. The molecular weight excluding hydrogens is 473 g/mol. The molecule has 6 nitrogen and oxygen atoms in total. The number of hydrogen-bond donors (Lipinski definition) is 0. The van der Waals surface area contributed by atoms with Crippen LogP contribution in [-0.2, 0) is 25.6 Å². The second kappa shape index (κ2) is 11.4. The minimum atomic E-state index is -1.67. The summed E-state index contributed by atoms with van der Waals surface area (Å²) in [6, 6.07) is 22.0. The summed E-state index contributed by atoms with van der Waals surface area (Å²) >= 11 is 0. The first-order valence-electron chi connectivity index (χ1n) is 12.0. The Morgan fingerprint density at radius 3 is 2.16 bits per heavy atom. The summed E-state index contributed by atoms with van der Waals surface area (Å²) in [5.74, 6) is -1.14. The van der Waals surface area contributed by atoms with E-state index in [0.717, 1.165) is 11.1 Å². The Hall–Kier alpha value is -3.97. The molecule has 37 heavy (non-hydrogen) atoms. The molecule has 0 aliphatic carbocycles. The van der Waals surface area contributed by atoms with E-state index in [1.165, 1.54) is 26.4 Å². The Balaban J connectivity index is 1.91. The van der Waals surface area contributed by atoms with Crippen LogP contribution < -0.4 is 4.74 Å². The van der Waals surface area contributed by atoms with Crippen molar-refractivity contribution in [2.24, 2.45) is 5.41 Å². The highest BCUT2D eigenvalue weighted by Crippen LogP contribution is 2.53. The first-order chi connectivity index (χ1) is 17.9. The molecule has 3 aromatic carbocycles. The van der Waals surface area contributed by atoms with E-state index in [1.807, 2.05) is 66.7 Å². The van der Waals surface area contributed by atoms with Crippen LogP contribution in [0.5, 0.6) is 5.75 Å². The fourth-order valence-corrected chi connectivity index (χ4v) is 5.20. The van der Waals surface area contributed by atoms with Crippen molar-refractivity contribution in [2.75, 3.05) is 21.3 Å². The number of methoxy groups -OCH3 is 3. The van der Waals surface area contributed by atoms with E-state index >= 15 is 0 Å². The number of rotatable bonds is 8. The molecule has 3 aromatic rings. The first kappa shape index (κ1) is 26.1. The van der Waals surface area contributed by atoms with Crippen LogP contribution in [0.2, 0.25) is 0 Å². The number of hydrogen-bond acceptors (Lipinski definition) is 6. The maximum absolute atomic E-state index is 13.9. The maximum atomic E-state index is 13.9. The van der Waals surface area contributed by atoms with Crippen molar-refractivity contribution in [2.45, 2.75) is 25.0 Å². The molecule has 0 amide bonds. The quantitative estimate of drug-likeness (QED) is 0.311. The average molecular weight is 504 g/mol. The number of halogens is 1. The van der Waals surface area contributed by atoms with Crippen molar-refractivity contribution in [3.8, 4) is 5.75 Å². The van der Waals surface area contributed by atoms with E-state index in [-0.39, 0.29) is 12.5 Å². The zero-order valence-corrected chi connectivity index (χ0v) is 21.1. The molecule has 0 bridgehead atoms. The molecule has 7 heteroatoms. The summed E-state index contributed by atoms with van der Waals surface area (Å²) in [6.07, 6.45) is 4.06. The minimum Gasteiger partial charge on any atom is -0.496 e. The van der Waals surface area contributed by atoms with E-state index in [4.69, 9.17) is 14.2 Å². The number of nitrogens with zero attached hydrogens (tertiary/aromatic N) is 1. The van der Waals surface area contributed by atoms with E-state index in [9.17, 15) is 14.0 Å². The van der Waals surface area contributed by atoms with Crippen LogP contribution in [0, 0.1) is 11.2 Å². The number of para-hydroxylation sites is 1. The third kappa shape index (κ3) is 5.13. The normalized spacial score (nSPS) is 19.0. The highest BCUT2D eigenvalue weighted by Gasteiger charge is 2.63. The Kier molecular flexibility index (Phi) is 8.04. The molecule has 1 aliphatic heterocycles. The van der Waals surface area contributed by atoms with Crippen LogP contribution in [0.1, 0.15) is 29.2 Å². The second-order valence-corrected chi connectivity index (χ2v) is 8.93. The summed E-state index contributed by atoms with van der Waals surface area (Å²) < 4.78 is 29.9. The molecule has 0 aromatic heterocycles. The average Bonchev–Trinajstić information content (AvgIpc) is 3.27. The SMILES string of the molecule is COC(=O)C1(C(=O)OC)C[C@H](/C=C/c2ccccc2)N(Cc2ccccc2OC)[C@@H]1c1ccc(F)cc1. The molecule has 0 saturated carbocycles. The largest absolute Gasteiger partial charge is 0.496 e. The van der Waals surface area contributed by atoms with Gasteiger partial charge in [-0.2, -0.15) is 0 Å². The van der Waals surface area contributed by atoms with Crippen molar-refractivity contribution in [1.29, 1.82) is 0 Å². The van der Waals surface area contributed by atoms with Gasteiger partial charge in [0.2, 0.25) is 0 Å². The molecule has 4 rings (SSSR count). The van der Waals surface area contributed by atoms with Crippen LogP contribution in [-0.4, -0.2) is 44.2 Å². The van der Waals surface area contributed by atoms with Gasteiger partial charge in [-0.25, -0.2) is 4.39 Å². The molecule has 1 saturated heterocycles. The predicted molar refractivity (Wildman–Crippen MR) is 138 cm³/mol. The lowest BCUT2D eigenvalue weighted by Gasteiger charge is -2.35. The van der Waals surface area contributed by atoms with Gasteiger partial charge < -0.3 is 14.2 Å². The summed E-state index contributed by atoms with van der Waals surface area (Å²) in [4.78, 5) is 29.0. The lowest BCUT2D eigenvalue weighted by atomic mass is 9.76. The van der Waals surface area contributed by atoms with E-state index < -0.39 is 29.2 Å². The molecule has 1 heterocycles. The summed E-state index contributed by atoms with van der Waals surface area (Å²) in [6.45, 7) is 0.353. The van der Waals surface area contributed by atoms with Crippen molar-refractivity contribution in [3.05, 3.63) is 107 Å². The van der Waals surface area contributed by atoms with Crippen molar-refractivity contribution in [1.82, 2.24) is 4.90 Å². The third-order valence-electron chi connectivity index (χ3n) is 6.90. The number of carbonyl (C=O) groups excluding carboxylic acids is 2. The van der Waals surface area contributed by atoms with Crippen LogP contribution in [0.3, 0.4) is 0 Å². The highest BCUT2D eigenvalue weighted by atomic mass is 19.1. The second-order valence-electron chi connectivity index (χ2n) is 8.93. The van der Waals surface area contributed by atoms with Gasteiger partial charge in [0.05, 0.1) is 27.4 Å². The summed E-state index contributed by atoms with van der Waals surface area (Å²) in [5.41, 5.74) is 0.782. The highest BCUT2D eigenvalue weighted by molar-refractivity contribution is 6.01. The van der Waals surface area contributed by atoms with Gasteiger partial charge in [-0.1, -0.05) is 72.8 Å². The van der Waals surface area contributed by atoms with Gasteiger partial charge in [0.25, 0.3) is 0 Å². The molecule has 1 fully saturated rings. The number of carbonyl (C=O) groups is 2. The molecule has 192 valence electrons. The number of benzene rings is 3. The molecule has 2 atom stereocenters. The predicted octanol–water partition coefficient (Wildman–Crippen LogP) is 5.20. The van der Waals surface area contributed by atoms with Crippen molar-refractivity contribution in [3.63, 3.8) is 0 Å². The number of esters is 2. The van der Waals surface area contributed by atoms with E-state index in [2.05, 4.69) is 4.90 Å². The number of likely N-dealkylation sites (tertiary alicyclic amines) is 1. The monoisotopic (exact) mass is 503 g/mol. The molecule has 0 spiro atoms. The molecule has 0 radical (unpaired) electrons. The fraction of sp³-hybridized carbons (Fsp3) is 0.267. The standard InChI is InChI=1S/C30H30FNO5/c1-35-26-12-8-7-11-23(26)20-32-25(18-13-21-9-5-4-6-10-21)19-30(28(33)36-2,29(34)37-3)27(32)22-14-16-24(31)17-15-22/h4-18,25,27H,19-20H2,1-3H3/b18-13+/t25-,27+/m0/s1. The van der Waals surface area contributed by atoms with Gasteiger partial charge in [0.1, 0.15) is 11.6 Å². The van der Waals surface area contributed by atoms with Crippen molar-refractivity contribution >= 4 is 18.0 Å². The van der Waals surface area contributed by atoms with Crippen LogP contribution >= 0.6 is 0 Å². The molecule has 0 unspecified atom stereocenters. The third-order valence-corrected chi connectivity index (χ3v) is 6.90. The van der Waals surface area contributed by atoms with Crippen LogP contribution in [0.25, 0.3) is 6.08 Å². The topological polar surface area (TPSA) is 65.1 Å². The zero-order valence-electron chi connectivity index (χ0n) is 21.1. The summed E-state index contributed by atoms with van der Waals surface area (Å²) in [5, 5.41) is 0. The Labute approximate surface area is 216 Å². The first-order valence-corrected chi connectivity index (χ1v) is 12.0.